The van der Waals surface area contributed by atoms with Crippen molar-refractivity contribution in [3.63, 3.8) is 0 Å². The highest BCUT2D eigenvalue weighted by Crippen LogP contribution is 2.27. The maximum absolute atomic E-state index is 9.65. The van der Waals surface area contributed by atoms with Gasteiger partial charge in [-0.25, -0.2) is 0 Å². The molecule has 0 spiro atoms. The molecule has 18 heavy (non-hydrogen) atoms. The molecule has 1 aromatic rings. The van der Waals surface area contributed by atoms with Crippen molar-refractivity contribution < 1.29 is 5.11 Å². The van der Waals surface area contributed by atoms with Gasteiger partial charge in [-0.2, -0.15) is 0 Å². The highest BCUT2D eigenvalue weighted by molar-refractivity contribution is 5.56. The second-order valence-electron chi connectivity index (χ2n) is 5.69. The van der Waals surface area contributed by atoms with E-state index < -0.39 is 0 Å². The molecule has 0 radical (unpaired) electrons. The van der Waals surface area contributed by atoms with Crippen LogP contribution in [-0.4, -0.2) is 11.7 Å². The van der Waals surface area contributed by atoms with Gasteiger partial charge in [-0.05, 0) is 55.9 Å². The third-order valence-electron chi connectivity index (χ3n) is 4.10. The number of aryl methyl sites for hydroxylation is 2. The Bertz CT molecular complexity index is 392. The van der Waals surface area contributed by atoms with Gasteiger partial charge in [-0.3, -0.25) is 0 Å². The molecule has 0 unspecified atom stereocenters. The molecule has 0 aliphatic heterocycles. The van der Waals surface area contributed by atoms with E-state index in [1.807, 2.05) is 13.0 Å². The summed E-state index contributed by atoms with van der Waals surface area (Å²) in [4.78, 5) is 0. The lowest BCUT2D eigenvalue weighted by molar-refractivity contribution is 0.470. The minimum absolute atomic E-state index is 0.396. The molecule has 2 heteroatoms. The summed E-state index contributed by atoms with van der Waals surface area (Å²) in [6.07, 6.45) is 8.33. The van der Waals surface area contributed by atoms with E-state index in [-0.39, 0.29) is 0 Å². The predicted molar refractivity (Wildman–Crippen MR) is 77.3 cm³/mol. The van der Waals surface area contributed by atoms with E-state index in [0.29, 0.717) is 5.75 Å². The molecular formula is C16H25NO. The molecule has 1 fully saturated rings. The fourth-order valence-electron chi connectivity index (χ4n) is 2.81. The standard InChI is InChI=1S/C16H25NO/c1-12-10-16(18)13(2)9-15(12)17-11-14-7-5-3-4-6-8-14/h9-10,14,17-18H,3-8,11H2,1-2H3. The average molecular weight is 247 g/mol. The fraction of sp³-hybridized carbons (Fsp3) is 0.625. The molecule has 100 valence electrons. The molecule has 0 aromatic heterocycles. The van der Waals surface area contributed by atoms with Crippen LogP contribution in [0.25, 0.3) is 0 Å². The number of phenols is 1. The highest BCUT2D eigenvalue weighted by Gasteiger charge is 2.12. The number of hydrogen-bond donors (Lipinski definition) is 2. The van der Waals surface area contributed by atoms with Crippen molar-refractivity contribution in [1.29, 1.82) is 0 Å². The van der Waals surface area contributed by atoms with Gasteiger partial charge in [0.1, 0.15) is 5.75 Å². The second-order valence-corrected chi connectivity index (χ2v) is 5.69. The molecule has 2 N–H and O–H groups in total. The largest absolute Gasteiger partial charge is 0.508 e. The third kappa shape index (κ3) is 3.41. The Kier molecular flexibility index (Phi) is 4.51. The predicted octanol–water partition coefficient (Wildman–Crippen LogP) is 4.39. The summed E-state index contributed by atoms with van der Waals surface area (Å²) in [6.45, 7) is 5.07. The average Bonchev–Trinajstić information content (AvgIpc) is 2.60. The molecule has 1 aromatic carbocycles. The zero-order valence-corrected chi connectivity index (χ0v) is 11.6. The second kappa shape index (κ2) is 6.12. The van der Waals surface area contributed by atoms with Gasteiger partial charge in [0.05, 0.1) is 0 Å². The SMILES string of the molecule is Cc1cc(NCC2CCCCCC2)c(C)cc1O. The van der Waals surface area contributed by atoms with Crippen molar-refractivity contribution in [3.8, 4) is 5.75 Å². The van der Waals surface area contributed by atoms with Crippen molar-refractivity contribution in [2.75, 3.05) is 11.9 Å². The number of hydrogen-bond acceptors (Lipinski definition) is 2. The van der Waals surface area contributed by atoms with E-state index in [0.717, 1.165) is 23.6 Å². The third-order valence-corrected chi connectivity index (χ3v) is 4.10. The lowest BCUT2D eigenvalue weighted by atomic mass is 10.00. The van der Waals surface area contributed by atoms with Gasteiger partial charge in [0.2, 0.25) is 0 Å². The topological polar surface area (TPSA) is 32.3 Å². The summed E-state index contributed by atoms with van der Waals surface area (Å²) in [5.41, 5.74) is 3.25. The van der Waals surface area contributed by atoms with Crippen molar-refractivity contribution >= 4 is 5.69 Å². The maximum Gasteiger partial charge on any atom is 0.118 e. The van der Waals surface area contributed by atoms with Gasteiger partial charge in [-0.1, -0.05) is 25.7 Å². The van der Waals surface area contributed by atoms with Gasteiger partial charge >= 0.3 is 0 Å². The Balaban J connectivity index is 1.94. The lowest BCUT2D eigenvalue weighted by Crippen LogP contribution is -2.14. The number of benzene rings is 1. The summed E-state index contributed by atoms with van der Waals surface area (Å²) in [5.74, 6) is 1.22. The number of aromatic hydroxyl groups is 1. The van der Waals surface area contributed by atoms with Gasteiger partial charge in [0.15, 0.2) is 0 Å². The molecule has 0 atom stereocenters. The van der Waals surface area contributed by atoms with Crippen molar-refractivity contribution in [2.45, 2.75) is 52.4 Å². The molecule has 0 amide bonds. The van der Waals surface area contributed by atoms with Crippen molar-refractivity contribution in [1.82, 2.24) is 0 Å². The van der Waals surface area contributed by atoms with Crippen molar-refractivity contribution in [2.24, 2.45) is 5.92 Å². The lowest BCUT2D eigenvalue weighted by Gasteiger charge is -2.17. The minimum atomic E-state index is 0.396. The zero-order valence-electron chi connectivity index (χ0n) is 11.6. The summed E-state index contributed by atoms with van der Waals surface area (Å²) in [6, 6.07) is 3.91. The fourth-order valence-corrected chi connectivity index (χ4v) is 2.81. The quantitative estimate of drug-likeness (QED) is 0.613. The number of rotatable bonds is 3. The normalized spacial score (nSPS) is 17.4. The molecule has 2 rings (SSSR count). The van der Waals surface area contributed by atoms with Gasteiger partial charge in [0.25, 0.3) is 0 Å². The van der Waals surface area contributed by atoms with E-state index in [9.17, 15) is 5.11 Å². The van der Waals surface area contributed by atoms with E-state index in [1.54, 1.807) is 0 Å². The smallest absolute Gasteiger partial charge is 0.118 e. The number of nitrogens with one attached hydrogen (secondary N) is 1. The first kappa shape index (κ1) is 13.3. The Hall–Kier alpha value is -1.18. The van der Waals surface area contributed by atoms with Crippen molar-refractivity contribution in [3.05, 3.63) is 23.3 Å². The molecule has 0 bridgehead atoms. The zero-order chi connectivity index (χ0) is 13.0. The van der Waals surface area contributed by atoms with E-state index in [4.69, 9.17) is 0 Å². The Labute approximate surface area is 110 Å². The van der Waals surface area contributed by atoms with Crippen LogP contribution in [0.15, 0.2) is 12.1 Å². The van der Waals surface area contributed by atoms with Crippen LogP contribution < -0.4 is 5.32 Å². The van der Waals surface area contributed by atoms with E-state index in [1.165, 1.54) is 44.2 Å². The van der Waals surface area contributed by atoms with Crippen LogP contribution in [0.4, 0.5) is 5.69 Å². The highest BCUT2D eigenvalue weighted by atomic mass is 16.3. The molecule has 1 saturated carbocycles. The molecule has 1 aliphatic carbocycles. The van der Waals surface area contributed by atoms with E-state index >= 15 is 0 Å². The van der Waals surface area contributed by atoms with Crippen LogP contribution in [0.5, 0.6) is 5.75 Å². The maximum atomic E-state index is 9.65. The first-order valence-corrected chi connectivity index (χ1v) is 7.21. The number of phenolic OH excluding ortho intramolecular Hbond substituents is 1. The van der Waals surface area contributed by atoms with Crippen LogP contribution >= 0.6 is 0 Å². The number of anilines is 1. The Morgan fingerprint density at radius 3 is 2.39 bits per heavy atom. The Morgan fingerprint density at radius 1 is 1.06 bits per heavy atom. The van der Waals surface area contributed by atoms with Crippen LogP contribution in [0.2, 0.25) is 0 Å². The molecular weight excluding hydrogens is 222 g/mol. The summed E-state index contributed by atoms with van der Waals surface area (Å²) in [5, 5.41) is 13.2. The first-order valence-electron chi connectivity index (χ1n) is 7.21. The summed E-state index contributed by atoms with van der Waals surface area (Å²) >= 11 is 0. The van der Waals surface area contributed by atoms with Crippen LogP contribution in [0, 0.1) is 19.8 Å². The van der Waals surface area contributed by atoms with Gasteiger partial charge < -0.3 is 10.4 Å². The summed E-state index contributed by atoms with van der Waals surface area (Å²) in [7, 11) is 0. The van der Waals surface area contributed by atoms with Crippen LogP contribution in [-0.2, 0) is 0 Å². The molecule has 0 heterocycles. The molecule has 0 saturated heterocycles. The van der Waals surface area contributed by atoms with Crippen LogP contribution in [0.3, 0.4) is 0 Å². The van der Waals surface area contributed by atoms with Crippen LogP contribution in [0.1, 0.15) is 49.7 Å². The van der Waals surface area contributed by atoms with Gasteiger partial charge in [-0.15, -0.1) is 0 Å². The monoisotopic (exact) mass is 247 g/mol. The molecule has 2 nitrogen and oxygen atoms in total. The molecule has 1 aliphatic rings. The summed E-state index contributed by atoms with van der Waals surface area (Å²) < 4.78 is 0. The van der Waals surface area contributed by atoms with Gasteiger partial charge in [0, 0.05) is 12.2 Å². The first-order chi connectivity index (χ1) is 8.66. The Morgan fingerprint density at radius 2 is 1.72 bits per heavy atom. The minimum Gasteiger partial charge on any atom is -0.508 e. The van der Waals surface area contributed by atoms with E-state index in [2.05, 4.69) is 18.3 Å².